The molecule has 112 valence electrons. The Morgan fingerprint density at radius 3 is 2.55 bits per heavy atom. The molecular weight excluding hydrogens is 256 g/mol. The third-order valence-corrected chi connectivity index (χ3v) is 3.40. The predicted octanol–water partition coefficient (Wildman–Crippen LogP) is 1.95. The molecule has 20 heavy (non-hydrogen) atoms. The normalized spacial score (nSPS) is 12.9. The molecule has 0 amide bonds. The molecule has 0 saturated heterocycles. The first-order valence-corrected chi connectivity index (χ1v) is 6.77. The quantitative estimate of drug-likeness (QED) is 0.469. The van der Waals surface area contributed by atoms with Gasteiger partial charge in [-0.05, 0) is 33.1 Å². The van der Waals surface area contributed by atoms with Crippen LogP contribution in [0.1, 0.15) is 19.4 Å². The summed E-state index contributed by atoms with van der Waals surface area (Å²) in [5.74, 6) is 0. The van der Waals surface area contributed by atoms with Gasteiger partial charge in [0.15, 0.2) is 0 Å². The Morgan fingerprint density at radius 2 is 2.05 bits per heavy atom. The molecular formula is C14H24N4O2. The second-order valence-electron chi connectivity index (χ2n) is 5.28. The van der Waals surface area contributed by atoms with Gasteiger partial charge in [-0.15, -0.1) is 0 Å². The molecule has 1 rings (SSSR count). The third kappa shape index (κ3) is 4.18. The second kappa shape index (κ2) is 7.21. The second-order valence-corrected chi connectivity index (χ2v) is 5.28. The van der Waals surface area contributed by atoms with Crippen molar-refractivity contribution in [1.29, 1.82) is 0 Å². The summed E-state index contributed by atoms with van der Waals surface area (Å²) >= 11 is 0. The third-order valence-electron chi connectivity index (χ3n) is 3.40. The maximum Gasteiger partial charge on any atom is 0.292 e. The number of para-hydroxylation sites is 1. The number of nitro groups is 1. The van der Waals surface area contributed by atoms with Crippen molar-refractivity contribution in [2.24, 2.45) is 0 Å². The summed E-state index contributed by atoms with van der Waals surface area (Å²) in [4.78, 5) is 14.9. The molecule has 0 aromatic heterocycles. The molecule has 0 fully saturated rings. The highest BCUT2D eigenvalue weighted by Crippen LogP contribution is 2.26. The number of nitrogen functional groups attached to an aromatic ring is 1. The van der Waals surface area contributed by atoms with Crippen molar-refractivity contribution in [3.8, 4) is 0 Å². The van der Waals surface area contributed by atoms with Gasteiger partial charge in [-0.25, -0.2) is 0 Å². The van der Waals surface area contributed by atoms with Crippen LogP contribution in [0.25, 0.3) is 0 Å². The molecule has 0 bridgehead atoms. The molecule has 2 N–H and O–H groups in total. The van der Waals surface area contributed by atoms with Crippen molar-refractivity contribution in [2.75, 3.05) is 32.9 Å². The van der Waals surface area contributed by atoms with E-state index >= 15 is 0 Å². The highest BCUT2D eigenvalue weighted by molar-refractivity contribution is 5.62. The molecule has 0 aliphatic rings. The van der Waals surface area contributed by atoms with Gasteiger partial charge in [0.05, 0.1) is 4.92 Å². The van der Waals surface area contributed by atoms with Crippen LogP contribution < -0.4 is 5.73 Å². The largest absolute Gasteiger partial charge is 0.393 e. The van der Waals surface area contributed by atoms with E-state index in [9.17, 15) is 10.1 Å². The summed E-state index contributed by atoms with van der Waals surface area (Å²) in [7, 11) is 4.07. The fourth-order valence-corrected chi connectivity index (χ4v) is 2.34. The van der Waals surface area contributed by atoms with Crippen LogP contribution in [0.15, 0.2) is 18.2 Å². The Kier molecular flexibility index (Phi) is 5.91. The first kappa shape index (κ1) is 16.4. The summed E-state index contributed by atoms with van der Waals surface area (Å²) < 4.78 is 0. The predicted molar refractivity (Wildman–Crippen MR) is 81.6 cm³/mol. The average Bonchev–Trinajstić information content (AvgIpc) is 2.36. The lowest BCUT2D eigenvalue weighted by Crippen LogP contribution is -2.39. The zero-order valence-electron chi connectivity index (χ0n) is 12.7. The number of hydrogen-bond acceptors (Lipinski definition) is 5. The van der Waals surface area contributed by atoms with E-state index in [0.717, 1.165) is 18.7 Å². The molecule has 1 aromatic carbocycles. The maximum absolute atomic E-state index is 10.9. The van der Waals surface area contributed by atoms with Crippen LogP contribution in [-0.2, 0) is 6.54 Å². The van der Waals surface area contributed by atoms with Crippen LogP contribution in [0, 0.1) is 10.1 Å². The number of nitrogens with zero attached hydrogens (tertiary/aromatic N) is 3. The van der Waals surface area contributed by atoms with Crippen LogP contribution in [0.3, 0.4) is 0 Å². The van der Waals surface area contributed by atoms with Gasteiger partial charge in [-0.3, -0.25) is 15.0 Å². The Bertz CT molecular complexity index is 462. The lowest BCUT2D eigenvalue weighted by molar-refractivity contribution is -0.384. The topological polar surface area (TPSA) is 75.6 Å². The molecule has 0 saturated carbocycles. The van der Waals surface area contributed by atoms with Gasteiger partial charge in [0, 0.05) is 25.2 Å². The minimum Gasteiger partial charge on any atom is -0.393 e. The number of anilines is 1. The molecule has 1 aromatic rings. The summed E-state index contributed by atoms with van der Waals surface area (Å²) in [6.07, 6.45) is 0. The summed E-state index contributed by atoms with van der Waals surface area (Å²) in [6, 6.07) is 5.34. The van der Waals surface area contributed by atoms with Crippen LogP contribution in [0.2, 0.25) is 0 Å². The molecule has 0 aliphatic carbocycles. The molecule has 6 heteroatoms. The van der Waals surface area contributed by atoms with Crippen LogP contribution >= 0.6 is 0 Å². The molecule has 0 aliphatic heterocycles. The number of nitro benzene ring substituents is 1. The summed E-state index contributed by atoms with van der Waals surface area (Å²) in [5, 5.41) is 10.9. The number of rotatable bonds is 7. The Hall–Kier alpha value is -1.66. The molecule has 1 unspecified atom stereocenters. The van der Waals surface area contributed by atoms with Gasteiger partial charge in [-0.1, -0.05) is 19.1 Å². The van der Waals surface area contributed by atoms with Gasteiger partial charge in [0.25, 0.3) is 5.69 Å². The Morgan fingerprint density at radius 1 is 1.40 bits per heavy atom. The molecule has 6 nitrogen and oxygen atoms in total. The van der Waals surface area contributed by atoms with E-state index in [1.165, 1.54) is 6.07 Å². The standard InChI is InChI=1S/C14H24N4O2/c1-5-17(11(2)9-16(3)4)10-12-7-6-8-13(14(12)15)18(19)20/h6-8,11H,5,9-10,15H2,1-4H3. The molecule has 0 radical (unpaired) electrons. The first-order valence-electron chi connectivity index (χ1n) is 6.77. The molecule has 1 atom stereocenters. The van der Waals surface area contributed by atoms with Crippen molar-refractivity contribution >= 4 is 11.4 Å². The minimum atomic E-state index is -0.432. The van der Waals surface area contributed by atoms with E-state index in [2.05, 4.69) is 23.6 Å². The van der Waals surface area contributed by atoms with Gasteiger partial charge in [0.2, 0.25) is 0 Å². The van der Waals surface area contributed by atoms with Gasteiger partial charge >= 0.3 is 0 Å². The highest BCUT2D eigenvalue weighted by Gasteiger charge is 2.18. The zero-order valence-corrected chi connectivity index (χ0v) is 12.7. The van der Waals surface area contributed by atoms with Gasteiger partial charge in [-0.2, -0.15) is 0 Å². The van der Waals surface area contributed by atoms with E-state index in [4.69, 9.17) is 5.73 Å². The smallest absolute Gasteiger partial charge is 0.292 e. The summed E-state index contributed by atoms with van der Waals surface area (Å²) in [6.45, 7) is 6.66. The van der Waals surface area contributed by atoms with E-state index in [1.807, 2.05) is 20.2 Å². The summed E-state index contributed by atoms with van der Waals surface area (Å²) in [5.41, 5.74) is 6.98. The van der Waals surface area contributed by atoms with Crippen molar-refractivity contribution in [2.45, 2.75) is 26.4 Å². The maximum atomic E-state index is 10.9. The minimum absolute atomic E-state index is 0.0150. The number of likely N-dealkylation sites (N-methyl/N-ethyl adjacent to an activating group) is 2. The van der Waals surface area contributed by atoms with Crippen LogP contribution in [0.5, 0.6) is 0 Å². The van der Waals surface area contributed by atoms with Crippen molar-refractivity contribution in [1.82, 2.24) is 9.80 Å². The fraction of sp³-hybridized carbons (Fsp3) is 0.571. The number of hydrogen-bond donors (Lipinski definition) is 1. The number of benzene rings is 1. The lowest BCUT2D eigenvalue weighted by Gasteiger charge is -2.30. The van der Waals surface area contributed by atoms with E-state index in [-0.39, 0.29) is 11.4 Å². The van der Waals surface area contributed by atoms with E-state index in [0.29, 0.717) is 12.6 Å². The van der Waals surface area contributed by atoms with Gasteiger partial charge in [0.1, 0.15) is 5.69 Å². The van der Waals surface area contributed by atoms with Crippen molar-refractivity contribution in [3.05, 3.63) is 33.9 Å². The van der Waals surface area contributed by atoms with Gasteiger partial charge < -0.3 is 10.6 Å². The van der Waals surface area contributed by atoms with Crippen molar-refractivity contribution in [3.63, 3.8) is 0 Å². The monoisotopic (exact) mass is 280 g/mol. The first-order chi connectivity index (χ1) is 9.36. The average molecular weight is 280 g/mol. The molecule has 0 spiro atoms. The SMILES string of the molecule is CCN(Cc1cccc([N+](=O)[O-])c1N)C(C)CN(C)C. The zero-order chi connectivity index (χ0) is 15.3. The Balaban J connectivity index is 2.90. The highest BCUT2D eigenvalue weighted by atomic mass is 16.6. The van der Waals surface area contributed by atoms with E-state index < -0.39 is 4.92 Å². The lowest BCUT2D eigenvalue weighted by atomic mass is 10.1. The van der Waals surface area contributed by atoms with E-state index in [1.54, 1.807) is 6.07 Å². The number of nitrogens with two attached hydrogens (primary N) is 1. The van der Waals surface area contributed by atoms with Crippen LogP contribution in [0.4, 0.5) is 11.4 Å². The van der Waals surface area contributed by atoms with Crippen LogP contribution in [-0.4, -0.2) is 47.9 Å². The fourth-order valence-electron chi connectivity index (χ4n) is 2.34. The Labute approximate surface area is 120 Å². The molecule has 0 heterocycles. The van der Waals surface area contributed by atoms with Crippen molar-refractivity contribution < 1.29 is 4.92 Å².